The minimum absolute atomic E-state index is 0.231. The zero-order valence-electron chi connectivity index (χ0n) is 19.4. The molecule has 176 valence electrons. The molecular weight excluding hydrogens is 422 g/mol. The van der Waals surface area contributed by atoms with Gasteiger partial charge in [-0.3, -0.25) is 0 Å². The summed E-state index contributed by atoms with van der Waals surface area (Å²) in [5, 5.41) is 0. The summed E-state index contributed by atoms with van der Waals surface area (Å²) in [4.78, 5) is 10.5. The highest BCUT2D eigenvalue weighted by molar-refractivity contribution is 5.73. The first-order valence-corrected chi connectivity index (χ1v) is 10.5. The maximum atomic E-state index is 6.28. The van der Waals surface area contributed by atoms with Crippen molar-refractivity contribution in [2.75, 3.05) is 51.4 Å². The Morgan fingerprint density at radius 3 is 2.52 bits per heavy atom. The number of benzene rings is 1. The van der Waals surface area contributed by atoms with Gasteiger partial charge in [0.2, 0.25) is 0 Å². The summed E-state index contributed by atoms with van der Waals surface area (Å²) < 4.78 is 21.9. The molecule has 0 saturated heterocycles. The van der Waals surface area contributed by atoms with Crippen LogP contribution < -0.4 is 25.8 Å². The maximum Gasteiger partial charge on any atom is 0.158 e. The van der Waals surface area contributed by atoms with Gasteiger partial charge >= 0.3 is 0 Å². The van der Waals surface area contributed by atoms with E-state index in [0.29, 0.717) is 42.5 Å². The number of anilines is 3. The number of nitrogens with two attached hydrogens (primary N) is 2. The number of rotatable bonds is 9. The molecule has 1 aliphatic rings. The maximum absolute atomic E-state index is 6.28. The van der Waals surface area contributed by atoms with Crippen LogP contribution in [0.3, 0.4) is 0 Å². The van der Waals surface area contributed by atoms with Crippen molar-refractivity contribution in [2.45, 2.75) is 19.1 Å². The van der Waals surface area contributed by atoms with Crippen LogP contribution in [0.5, 0.6) is 11.5 Å². The molecule has 3 rings (SSSR count). The first-order valence-electron chi connectivity index (χ1n) is 10.5. The molecule has 0 aliphatic heterocycles. The van der Waals surface area contributed by atoms with E-state index in [2.05, 4.69) is 22.1 Å². The molecule has 1 unspecified atom stereocenters. The summed E-state index contributed by atoms with van der Waals surface area (Å²) in [6.07, 6.45) is 9.87. The summed E-state index contributed by atoms with van der Waals surface area (Å²) in [6, 6.07) is 5.70. The molecule has 1 aliphatic carbocycles. The lowest BCUT2D eigenvalue weighted by Gasteiger charge is -2.28. The molecule has 0 fully saturated rings. The van der Waals surface area contributed by atoms with Gasteiger partial charge in [-0.2, -0.15) is 0 Å². The molecule has 0 saturated carbocycles. The van der Waals surface area contributed by atoms with Gasteiger partial charge in [0.25, 0.3) is 0 Å². The fraction of sp³-hybridized carbons (Fsp3) is 0.333. The van der Waals surface area contributed by atoms with E-state index in [1.54, 1.807) is 28.4 Å². The highest BCUT2D eigenvalue weighted by Gasteiger charge is 2.19. The molecule has 9 nitrogen and oxygen atoms in total. The van der Waals surface area contributed by atoms with Crippen molar-refractivity contribution in [3.8, 4) is 11.5 Å². The predicted octanol–water partition coefficient (Wildman–Crippen LogP) is 3.10. The van der Waals surface area contributed by atoms with Crippen molar-refractivity contribution in [2.24, 2.45) is 0 Å². The third kappa shape index (κ3) is 5.95. The molecule has 0 radical (unpaired) electrons. The first kappa shape index (κ1) is 23.9. The molecule has 0 spiro atoms. The zero-order valence-corrected chi connectivity index (χ0v) is 19.4. The highest BCUT2D eigenvalue weighted by Crippen LogP contribution is 2.31. The second-order valence-corrected chi connectivity index (χ2v) is 7.43. The van der Waals surface area contributed by atoms with Gasteiger partial charge in [-0.15, -0.1) is 0 Å². The van der Waals surface area contributed by atoms with Gasteiger partial charge in [0.15, 0.2) is 11.6 Å². The first-order chi connectivity index (χ1) is 16.0. The molecule has 4 N–H and O–H groups in total. The molecule has 1 aromatic carbocycles. The van der Waals surface area contributed by atoms with Crippen LogP contribution in [-0.2, 0) is 16.0 Å². The van der Waals surface area contributed by atoms with Crippen LogP contribution in [0.25, 0.3) is 0 Å². The quantitative estimate of drug-likeness (QED) is 0.552. The lowest BCUT2D eigenvalue weighted by Crippen LogP contribution is -2.28. The fourth-order valence-electron chi connectivity index (χ4n) is 3.57. The smallest absolute Gasteiger partial charge is 0.158 e. The summed E-state index contributed by atoms with van der Waals surface area (Å²) in [5.74, 6) is 2.96. The van der Waals surface area contributed by atoms with Crippen molar-refractivity contribution in [1.29, 1.82) is 0 Å². The Hall–Kier alpha value is -3.72. The molecule has 0 bridgehead atoms. The second kappa shape index (κ2) is 11.2. The normalized spacial score (nSPS) is 18.2. The second-order valence-electron chi connectivity index (χ2n) is 7.43. The van der Waals surface area contributed by atoms with E-state index >= 15 is 0 Å². The Kier molecular flexibility index (Phi) is 8.15. The summed E-state index contributed by atoms with van der Waals surface area (Å²) >= 11 is 0. The van der Waals surface area contributed by atoms with Crippen LogP contribution in [0.4, 0.5) is 17.3 Å². The minimum Gasteiger partial charge on any atom is -0.497 e. The van der Waals surface area contributed by atoms with Gasteiger partial charge in [0, 0.05) is 31.8 Å². The van der Waals surface area contributed by atoms with Crippen LogP contribution in [0.15, 0.2) is 60.2 Å². The van der Waals surface area contributed by atoms with Crippen molar-refractivity contribution in [3.05, 3.63) is 65.7 Å². The Morgan fingerprint density at radius 2 is 1.82 bits per heavy atom. The van der Waals surface area contributed by atoms with Crippen LogP contribution in [-0.4, -0.2) is 51.1 Å². The molecule has 1 aromatic heterocycles. The number of methoxy groups -OCH3 is 4. The van der Waals surface area contributed by atoms with Crippen molar-refractivity contribution >= 4 is 17.3 Å². The molecule has 33 heavy (non-hydrogen) atoms. The average molecular weight is 454 g/mol. The number of allylic oxidation sites excluding steroid dienone is 2. The Morgan fingerprint density at radius 1 is 1.00 bits per heavy atom. The zero-order chi connectivity index (χ0) is 23.8. The SMILES string of the molecule is COC1=C/C(OC)C=C(CN(Cc2ccc(OC)cc2OC)c2ncnc(N)c2N)C/C=C\1. The average Bonchev–Trinajstić information content (AvgIpc) is 2.82. The van der Waals surface area contributed by atoms with Gasteiger partial charge in [-0.25, -0.2) is 9.97 Å². The molecular formula is C24H31N5O4. The van der Waals surface area contributed by atoms with E-state index in [1.807, 2.05) is 35.3 Å². The minimum atomic E-state index is -0.231. The van der Waals surface area contributed by atoms with Crippen molar-refractivity contribution in [1.82, 2.24) is 9.97 Å². The van der Waals surface area contributed by atoms with E-state index in [1.165, 1.54) is 6.33 Å². The number of hydrogen-bond acceptors (Lipinski definition) is 9. The van der Waals surface area contributed by atoms with E-state index in [4.69, 9.17) is 30.4 Å². The Balaban J connectivity index is 1.99. The third-order valence-corrected chi connectivity index (χ3v) is 5.34. The summed E-state index contributed by atoms with van der Waals surface area (Å²) in [7, 11) is 6.55. The Labute approximate surface area is 194 Å². The van der Waals surface area contributed by atoms with Gasteiger partial charge in [-0.1, -0.05) is 12.2 Å². The molecule has 0 amide bonds. The number of hydrogen-bond donors (Lipinski definition) is 2. The summed E-state index contributed by atoms with van der Waals surface area (Å²) in [6.45, 7) is 1.02. The largest absolute Gasteiger partial charge is 0.497 e. The third-order valence-electron chi connectivity index (χ3n) is 5.34. The lowest BCUT2D eigenvalue weighted by atomic mass is 10.0. The molecule has 1 heterocycles. The predicted molar refractivity (Wildman–Crippen MR) is 129 cm³/mol. The van der Waals surface area contributed by atoms with Crippen LogP contribution in [0.2, 0.25) is 0 Å². The van der Waals surface area contributed by atoms with Crippen LogP contribution in [0, 0.1) is 0 Å². The Bertz CT molecular complexity index is 1050. The van der Waals surface area contributed by atoms with Crippen LogP contribution >= 0.6 is 0 Å². The van der Waals surface area contributed by atoms with Gasteiger partial charge < -0.3 is 35.3 Å². The number of aromatic nitrogens is 2. The summed E-state index contributed by atoms with van der Waals surface area (Å²) in [5.41, 5.74) is 14.7. The van der Waals surface area contributed by atoms with Crippen molar-refractivity contribution < 1.29 is 18.9 Å². The monoisotopic (exact) mass is 453 g/mol. The lowest BCUT2D eigenvalue weighted by molar-refractivity contribution is 0.171. The number of nitrogen functional groups attached to an aromatic ring is 2. The van der Waals surface area contributed by atoms with Gasteiger partial charge in [-0.05, 0) is 36.3 Å². The van der Waals surface area contributed by atoms with Crippen molar-refractivity contribution in [3.63, 3.8) is 0 Å². The highest BCUT2D eigenvalue weighted by atomic mass is 16.5. The number of nitrogens with zero attached hydrogens (tertiary/aromatic N) is 3. The topological polar surface area (TPSA) is 118 Å². The van der Waals surface area contributed by atoms with E-state index in [-0.39, 0.29) is 11.9 Å². The van der Waals surface area contributed by atoms with E-state index < -0.39 is 0 Å². The van der Waals surface area contributed by atoms with E-state index in [0.717, 1.165) is 16.9 Å². The van der Waals surface area contributed by atoms with E-state index in [9.17, 15) is 0 Å². The fourth-order valence-corrected chi connectivity index (χ4v) is 3.57. The molecule has 1 atom stereocenters. The van der Waals surface area contributed by atoms with Gasteiger partial charge in [0.1, 0.15) is 29.3 Å². The molecule has 2 aromatic rings. The molecule has 9 heteroatoms. The standard InChI is InChI=1S/C24H31N5O4/c1-30-18-7-5-6-16(10-20(11-18)32-3)13-29(24-22(25)23(26)27-15-28-24)14-17-8-9-19(31-2)12-21(17)33-4/h5,7-12,15,20H,6,13-14,25H2,1-4H3,(H2,26,27,28)/b7-5-,16-10?,18-11+. The van der Waals surface area contributed by atoms with Gasteiger partial charge in [0.05, 0.1) is 27.4 Å². The van der Waals surface area contributed by atoms with Crippen LogP contribution in [0.1, 0.15) is 12.0 Å². The number of ether oxygens (including phenoxy) is 4.